The third-order valence-electron chi connectivity index (χ3n) is 4.14. The fourth-order valence-corrected chi connectivity index (χ4v) is 3.18. The Labute approximate surface area is 122 Å². The van der Waals surface area contributed by atoms with Crippen LogP contribution in [-0.4, -0.2) is 37.0 Å². The van der Waals surface area contributed by atoms with E-state index in [1.54, 1.807) is 0 Å². The summed E-state index contributed by atoms with van der Waals surface area (Å²) in [5.74, 6) is 0.960. The molecule has 1 heterocycles. The molecule has 3 heteroatoms. The summed E-state index contributed by atoms with van der Waals surface area (Å²) in [5.41, 5.74) is 1.73. The van der Waals surface area contributed by atoms with E-state index in [9.17, 15) is 0 Å². The predicted molar refractivity (Wildman–Crippen MR) is 83.7 cm³/mol. The molecule has 0 atom stereocenters. The molecular formula is C16H25NOS. The number of nitrogens with zero attached hydrogens (tertiary/aromatic N) is 1. The lowest BCUT2D eigenvalue weighted by molar-refractivity contribution is 0.00721. The van der Waals surface area contributed by atoms with Crippen LogP contribution in [0.1, 0.15) is 25.3 Å². The van der Waals surface area contributed by atoms with Gasteiger partial charge in [-0.1, -0.05) is 37.3 Å². The number of rotatable bonds is 6. The van der Waals surface area contributed by atoms with Gasteiger partial charge in [-0.3, -0.25) is 4.90 Å². The van der Waals surface area contributed by atoms with Crippen LogP contribution in [0.2, 0.25) is 0 Å². The number of hydrogen-bond acceptors (Lipinski definition) is 3. The van der Waals surface area contributed by atoms with Gasteiger partial charge in [-0.2, -0.15) is 12.6 Å². The summed E-state index contributed by atoms with van der Waals surface area (Å²) < 4.78 is 5.51. The number of benzene rings is 1. The summed E-state index contributed by atoms with van der Waals surface area (Å²) in [6.45, 7) is 7.28. The van der Waals surface area contributed by atoms with Crippen molar-refractivity contribution in [3.05, 3.63) is 35.9 Å². The SMILES string of the molecule is CCN(Cc1ccccc1)CC1(CS)CCOCC1. The maximum absolute atomic E-state index is 5.51. The second-order valence-corrected chi connectivity index (χ2v) is 5.88. The van der Waals surface area contributed by atoms with Crippen LogP contribution >= 0.6 is 12.6 Å². The van der Waals surface area contributed by atoms with Crippen LogP contribution in [0.4, 0.5) is 0 Å². The van der Waals surface area contributed by atoms with Crippen molar-refractivity contribution in [2.45, 2.75) is 26.3 Å². The van der Waals surface area contributed by atoms with Gasteiger partial charge < -0.3 is 4.74 Å². The summed E-state index contributed by atoms with van der Waals surface area (Å²) in [6.07, 6.45) is 2.28. The molecule has 1 aromatic rings. The molecule has 2 rings (SSSR count). The minimum Gasteiger partial charge on any atom is -0.381 e. The normalized spacial score (nSPS) is 18.7. The number of thiol groups is 1. The summed E-state index contributed by atoms with van der Waals surface area (Å²) in [5, 5.41) is 0. The first-order chi connectivity index (χ1) is 9.28. The predicted octanol–water partition coefficient (Wildman–Crippen LogP) is 3.24. The third kappa shape index (κ3) is 4.23. The Morgan fingerprint density at radius 3 is 2.47 bits per heavy atom. The molecule has 0 spiro atoms. The van der Waals surface area contributed by atoms with E-state index in [1.165, 1.54) is 5.56 Å². The molecule has 2 nitrogen and oxygen atoms in total. The van der Waals surface area contributed by atoms with E-state index in [2.05, 4.69) is 54.8 Å². The molecule has 1 saturated heterocycles. The minimum atomic E-state index is 0.339. The Kier molecular flexibility index (Phi) is 5.74. The van der Waals surface area contributed by atoms with Gasteiger partial charge in [0.15, 0.2) is 0 Å². The van der Waals surface area contributed by atoms with E-state index >= 15 is 0 Å². The van der Waals surface area contributed by atoms with Gasteiger partial charge in [-0.15, -0.1) is 0 Å². The molecule has 19 heavy (non-hydrogen) atoms. The van der Waals surface area contributed by atoms with Crippen molar-refractivity contribution in [2.24, 2.45) is 5.41 Å². The van der Waals surface area contributed by atoms with E-state index in [-0.39, 0.29) is 0 Å². The van der Waals surface area contributed by atoms with Gasteiger partial charge in [0.1, 0.15) is 0 Å². The lowest BCUT2D eigenvalue weighted by Gasteiger charge is -2.40. The second-order valence-electron chi connectivity index (χ2n) is 5.56. The maximum Gasteiger partial charge on any atom is 0.0472 e. The molecular weight excluding hydrogens is 254 g/mol. The van der Waals surface area contributed by atoms with Crippen molar-refractivity contribution < 1.29 is 4.74 Å². The average molecular weight is 279 g/mol. The van der Waals surface area contributed by atoms with Crippen LogP contribution in [-0.2, 0) is 11.3 Å². The van der Waals surface area contributed by atoms with Crippen LogP contribution in [0.15, 0.2) is 30.3 Å². The van der Waals surface area contributed by atoms with E-state index < -0.39 is 0 Å². The standard InChI is InChI=1S/C16H25NOS/c1-2-17(12-15-6-4-3-5-7-15)13-16(14-19)8-10-18-11-9-16/h3-7,19H,2,8-14H2,1H3. The first-order valence-electron chi connectivity index (χ1n) is 7.23. The lowest BCUT2D eigenvalue weighted by Crippen LogP contribution is -2.42. The van der Waals surface area contributed by atoms with Gasteiger partial charge in [0.2, 0.25) is 0 Å². The minimum absolute atomic E-state index is 0.339. The van der Waals surface area contributed by atoms with Crippen molar-refractivity contribution >= 4 is 12.6 Å². The summed E-state index contributed by atoms with van der Waals surface area (Å²) >= 11 is 4.61. The van der Waals surface area contributed by atoms with Crippen molar-refractivity contribution in [1.82, 2.24) is 4.90 Å². The van der Waals surface area contributed by atoms with Crippen LogP contribution in [0, 0.1) is 5.41 Å². The summed E-state index contributed by atoms with van der Waals surface area (Å²) in [7, 11) is 0. The summed E-state index contributed by atoms with van der Waals surface area (Å²) in [6, 6.07) is 10.7. The van der Waals surface area contributed by atoms with Crippen LogP contribution in [0.5, 0.6) is 0 Å². The zero-order chi connectivity index (χ0) is 13.6. The molecule has 1 fully saturated rings. The molecule has 1 aliphatic rings. The fraction of sp³-hybridized carbons (Fsp3) is 0.625. The zero-order valence-corrected chi connectivity index (χ0v) is 12.7. The smallest absolute Gasteiger partial charge is 0.0472 e. The van der Waals surface area contributed by atoms with Crippen molar-refractivity contribution in [2.75, 3.05) is 32.1 Å². The van der Waals surface area contributed by atoms with Crippen LogP contribution < -0.4 is 0 Å². The van der Waals surface area contributed by atoms with Gasteiger partial charge in [0, 0.05) is 26.3 Å². The first-order valence-corrected chi connectivity index (χ1v) is 7.86. The second kappa shape index (κ2) is 7.32. The highest BCUT2D eigenvalue weighted by Gasteiger charge is 2.32. The highest BCUT2D eigenvalue weighted by atomic mass is 32.1. The molecule has 0 unspecified atom stereocenters. The molecule has 1 aromatic carbocycles. The van der Waals surface area contributed by atoms with Gasteiger partial charge in [0.25, 0.3) is 0 Å². The fourth-order valence-electron chi connectivity index (χ4n) is 2.77. The van der Waals surface area contributed by atoms with Crippen molar-refractivity contribution in [3.63, 3.8) is 0 Å². The van der Waals surface area contributed by atoms with E-state index in [1.807, 2.05) is 0 Å². The highest BCUT2D eigenvalue weighted by Crippen LogP contribution is 2.33. The molecule has 0 saturated carbocycles. The molecule has 1 aliphatic heterocycles. The summed E-state index contributed by atoms with van der Waals surface area (Å²) in [4.78, 5) is 2.54. The van der Waals surface area contributed by atoms with Gasteiger partial charge in [-0.25, -0.2) is 0 Å². The van der Waals surface area contributed by atoms with Gasteiger partial charge >= 0.3 is 0 Å². The maximum atomic E-state index is 5.51. The first kappa shape index (κ1) is 14.9. The molecule has 106 valence electrons. The molecule has 0 amide bonds. The number of ether oxygens (including phenoxy) is 1. The van der Waals surface area contributed by atoms with E-state index in [0.29, 0.717) is 5.41 Å². The van der Waals surface area contributed by atoms with Crippen LogP contribution in [0.25, 0.3) is 0 Å². The Balaban J connectivity index is 1.97. The molecule has 0 aliphatic carbocycles. The van der Waals surface area contributed by atoms with E-state index in [0.717, 1.165) is 51.4 Å². The van der Waals surface area contributed by atoms with Gasteiger partial charge in [-0.05, 0) is 36.1 Å². The molecule has 0 N–H and O–H groups in total. The monoisotopic (exact) mass is 279 g/mol. The molecule has 0 aromatic heterocycles. The van der Waals surface area contributed by atoms with E-state index in [4.69, 9.17) is 4.74 Å². The number of hydrogen-bond donors (Lipinski definition) is 1. The third-order valence-corrected chi connectivity index (χ3v) is 4.81. The Bertz CT molecular complexity index is 362. The topological polar surface area (TPSA) is 12.5 Å². The molecule has 0 bridgehead atoms. The van der Waals surface area contributed by atoms with Crippen molar-refractivity contribution in [3.8, 4) is 0 Å². The largest absolute Gasteiger partial charge is 0.381 e. The average Bonchev–Trinajstić information content (AvgIpc) is 2.48. The Morgan fingerprint density at radius 2 is 1.89 bits per heavy atom. The van der Waals surface area contributed by atoms with Crippen LogP contribution in [0.3, 0.4) is 0 Å². The highest BCUT2D eigenvalue weighted by molar-refractivity contribution is 7.80. The Morgan fingerprint density at radius 1 is 1.21 bits per heavy atom. The zero-order valence-electron chi connectivity index (χ0n) is 11.8. The quantitative estimate of drug-likeness (QED) is 0.803. The van der Waals surface area contributed by atoms with Gasteiger partial charge in [0.05, 0.1) is 0 Å². The van der Waals surface area contributed by atoms with Crippen molar-refractivity contribution in [1.29, 1.82) is 0 Å². The lowest BCUT2D eigenvalue weighted by atomic mass is 9.81. The Hall–Kier alpha value is -0.510. The molecule has 0 radical (unpaired) electrons.